The zero-order valence-electron chi connectivity index (χ0n) is 15.4. The van der Waals surface area contributed by atoms with Gasteiger partial charge in [0.25, 0.3) is 0 Å². The Morgan fingerprint density at radius 1 is 1.04 bits per heavy atom. The first-order valence-electron chi connectivity index (χ1n) is 8.20. The number of amides is 1. The van der Waals surface area contributed by atoms with E-state index in [0.29, 0.717) is 25.7 Å². The molecule has 136 valence electrons. The lowest BCUT2D eigenvalue weighted by atomic mass is 9.86. The topological polar surface area (TPSA) is 85.3 Å². The Morgan fingerprint density at radius 3 is 2.00 bits per heavy atom. The van der Waals surface area contributed by atoms with Gasteiger partial charge in [-0.05, 0) is 46.5 Å². The summed E-state index contributed by atoms with van der Waals surface area (Å²) in [6.07, 6.45) is 2.53. The Labute approximate surface area is 143 Å². The van der Waals surface area contributed by atoms with Gasteiger partial charge in [-0.15, -0.1) is 0 Å². The highest BCUT2D eigenvalue weighted by molar-refractivity contribution is 6.63. The number of hydrogen-bond donors (Lipinski definition) is 0. The van der Waals surface area contributed by atoms with Gasteiger partial charge in [0.1, 0.15) is 11.7 Å². The Kier molecular flexibility index (Phi) is 6.93. The molecule has 0 heterocycles. The SMILES string of the molecule is CC(=O)C(=NOC1CCC(C(=O)N(C)C)CC1)C(=O)OC(C)(C)C. The van der Waals surface area contributed by atoms with Crippen molar-refractivity contribution >= 4 is 23.4 Å². The van der Waals surface area contributed by atoms with Crippen molar-refractivity contribution in [3.05, 3.63) is 0 Å². The van der Waals surface area contributed by atoms with Crippen molar-refractivity contribution in [3.8, 4) is 0 Å². The quantitative estimate of drug-likeness (QED) is 0.330. The Bertz CT molecular complexity index is 512. The van der Waals surface area contributed by atoms with Crippen LogP contribution in [0.15, 0.2) is 5.16 Å². The molecule has 7 nitrogen and oxygen atoms in total. The van der Waals surface area contributed by atoms with Gasteiger partial charge in [0.2, 0.25) is 11.6 Å². The number of nitrogens with zero attached hydrogens (tertiary/aromatic N) is 2. The van der Waals surface area contributed by atoms with E-state index in [1.807, 2.05) is 0 Å². The number of carbonyl (C=O) groups excluding carboxylic acids is 3. The van der Waals surface area contributed by atoms with E-state index in [2.05, 4.69) is 5.16 Å². The molecule has 0 atom stereocenters. The summed E-state index contributed by atoms with van der Waals surface area (Å²) in [6.45, 7) is 6.39. The molecule has 24 heavy (non-hydrogen) atoms. The number of hydrogen-bond acceptors (Lipinski definition) is 6. The molecule has 0 radical (unpaired) electrons. The summed E-state index contributed by atoms with van der Waals surface area (Å²) < 4.78 is 5.16. The van der Waals surface area contributed by atoms with Gasteiger partial charge < -0.3 is 14.5 Å². The van der Waals surface area contributed by atoms with E-state index < -0.39 is 17.4 Å². The fraction of sp³-hybridized carbons (Fsp3) is 0.765. The molecule has 1 saturated carbocycles. The lowest BCUT2D eigenvalue weighted by Crippen LogP contribution is -2.34. The van der Waals surface area contributed by atoms with Crippen molar-refractivity contribution in [2.75, 3.05) is 14.1 Å². The molecule has 0 aliphatic heterocycles. The molecule has 0 bridgehead atoms. The molecule has 7 heteroatoms. The lowest BCUT2D eigenvalue weighted by Gasteiger charge is -2.28. The van der Waals surface area contributed by atoms with Gasteiger partial charge in [0, 0.05) is 26.9 Å². The summed E-state index contributed by atoms with van der Waals surface area (Å²) in [5.41, 5.74) is -1.05. The summed E-state index contributed by atoms with van der Waals surface area (Å²) in [5.74, 6) is -1.16. The second-order valence-electron chi connectivity index (χ2n) is 7.31. The molecule has 0 unspecified atom stereocenters. The number of esters is 1. The van der Waals surface area contributed by atoms with E-state index in [0.717, 1.165) is 0 Å². The predicted octanol–water partition coefficient (Wildman–Crippen LogP) is 1.94. The molecule has 0 aromatic carbocycles. The van der Waals surface area contributed by atoms with Gasteiger partial charge >= 0.3 is 5.97 Å². The average molecular weight is 340 g/mol. The highest BCUT2D eigenvalue weighted by Gasteiger charge is 2.29. The van der Waals surface area contributed by atoms with Crippen LogP contribution in [0.2, 0.25) is 0 Å². The number of Topliss-reactive ketones (excluding diaryl/α,β-unsaturated/α-hetero) is 1. The minimum absolute atomic E-state index is 0.00182. The fourth-order valence-electron chi connectivity index (χ4n) is 2.48. The van der Waals surface area contributed by atoms with Crippen LogP contribution in [0.5, 0.6) is 0 Å². The molecular weight excluding hydrogens is 312 g/mol. The Morgan fingerprint density at radius 2 is 1.58 bits per heavy atom. The summed E-state index contributed by atoms with van der Waals surface area (Å²) in [7, 11) is 3.49. The standard InChI is InChI=1S/C17H28N2O5/c1-11(20)14(16(22)23-17(2,3)4)18-24-13-9-7-12(8-10-13)15(21)19(5)6/h12-13H,7-10H2,1-6H3. The first-order valence-corrected chi connectivity index (χ1v) is 8.20. The van der Waals surface area contributed by atoms with Gasteiger partial charge in [0.05, 0.1) is 0 Å². The monoisotopic (exact) mass is 340 g/mol. The number of rotatable bonds is 5. The van der Waals surface area contributed by atoms with Crippen molar-refractivity contribution in [1.82, 2.24) is 4.90 Å². The van der Waals surface area contributed by atoms with E-state index in [-0.39, 0.29) is 23.6 Å². The van der Waals surface area contributed by atoms with E-state index in [1.54, 1.807) is 39.8 Å². The van der Waals surface area contributed by atoms with Crippen molar-refractivity contribution in [3.63, 3.8) is 0 Å². The maximum absolute atomic E-state index is 12.0. The normalized spacial score (nSPS) is 21.8. The van der Waals surface area contributed by atoms with Crippen LogP contribution in [0.3, 0.4) is 0 Å². The van der Waals surface area contributed by atoms with Crippen molar-refractivity contribution < 1.29 is 24.0 Å². The van der Waals surface area contributed by atoms with E-state index >= 15 is 0 Å². The molecule has 0 saturated heterocycles. The molecule has 0 aromatic rings. The Hall–Kier alpha value is -1.92. The third-order valence-electron chi connectivity index (χ3n) is 3.68. The van der Waals surface area contributed by atoms with E-state index in [9.17, 15) is 14.4 Å². The first kappa shape index (κ1) is 20.1. The summed E-state index contributed by atoms with van der Waals surface area (Å²) in [5, 5.41) is 3.73. The predicted molar refractivity (Wildman–Crippen MR) is 89.5 cm³/mol. The van der Waals surface area contributed by atoms with Gasteiger partial charge in [-0.25, -0.2) is 4.79 Å². The Balaban J connectivity index is 2.62. The zero-order valence-corrected chi connectivity index (χ0v) is 15.4. The van der Waals surface area contributed by atoms with E-state index in [4.69, 9.17) is 9.57 Å². The molecule has 1 aliphatic carbocycles. The molecule has 1 amide bonds. The van der Waals surface area contributed by atoms with Gasteiger partial charge in [-0.1, -0.05) is 5.16 Å². The van der Waals surface area contributed by atoms with Crippen molar-refractivity contribution in [1.29, 1.82) is 0 Å². The van der Waals surface area contributed by atoms with Crippen LogP contribution < -0.4 is 0 Å². The van der Waals surface area contributed by atoms with Gasteiger partial charge in [-0.2, -0.15) is 0 Å². The zero-order chi connectivity index (χ0) is 18.5. The van der Waals surface area contributed by atoms with Gasteiger partial charge in [-0.3, -0.25) is 9.59 Å². The first-order chi connectivity index (χ1) is 11.0. The van der Waals surface area contributed by atoms with Crippen LogP contribution in [-0.4, -0.2) is 54.1 Å². The molecule has 0 aromatic heterocycles. The maximum atomic E-state index is 12.0. The summed E-state index contributed by atoms with van der Waals surface area (Å²) in [4.78, 5) is 42.5. The van der Waals surface area contributed by atoms with Crippen molar-refractivity contribution in [2.45, 2.75) is 65.1 Å². The number of oxime groups is 1. The number of ketones is 1. The van der Waals surface area contributed by atoms with Crippen LogP contribution in [0, 0.1) is 5.92 Å². The van der Waals surface area contributed by atoms with Gasteiger partial charge in [0.15, 0.2) is 5.78 Å². The minimum atomic E-state index is -0.786. The van der Waals surface area contributed by atoms with Crippen LogP contribution in [0.4, 0.5) is 0 Å². The second kappa shape index (κ2) is 8.26. The molecule has 1 aliphatic rings. The van der Waals surface area contributed by atoms with Crippen molar-refractivity contribution in [2.24, 2.45) is 11.1 Å². The molecule has 1 fully saturated rings. The number of carbonyl (C=O) groups is 3. The molecular formula is C17H28N2O5. The van der Waals surface area contributed by atoms with Crippen LogP contribution >= 0.6 is 0 Å². The minimum Gasteiger partial charge on any atom is -0.455 e. The maximum Gasteiger partial charge on any atom is 0.364 e. The summed E-state index contributed by atoms with van der Waals surface area (Å²) >= 11 is 0. The van der Waals surface area contributed by atoms with Crippen LogP contribution in [0.25, 0.3) is 0 Å². The van der Waals surface area contributed by atoms with E-state index in [1.165, 1.54) is 6.92 Å². The fourth-order valence-corrected chi connectivity index (χ4v) is 2.48. The average Bonchev–Trinajstić information content (AvgIpc) is 2.45. The molecule has 0 spiro atoms. The third kappa shape index (κ3) is 6.29. The molecule has 1 rings (SSSR count). The van der Waals surface area contributed by atoms with Crippen LogP contribution in [0.1, 0.15) is 53.4 Å². The third-order valence-corrected chi connectivity index (χ3v) is 3.68. The largest absolute Gasteiger partial charge is 0.455 e. The summed E-state index contributed by atoms with van der Waals surface area (Å²) in [6, 6.07) is 0. The smallest absolute Gasteiger partial charge is 0.364 e. The van der Waals surface area contributed by atoms with Crippen LogP contribution in [-0.2, 0) is 24.0 Å². The lowest BCUT2D eigenvalue weighted by molar-refractivity contribution is -0.146. The molecule has 0 N–H and O–H groups in total. The highest BCUT2D eigenvalue weighted by atomic mass is 16.6. The highest BCUT2D eigenvalue weighted by Crippen LogP contribution is 2.27. The second-order valence-corrected chi connectivity index (χ2v) is 7.31. The number of ether oxygens (including phenoxy) is 1.